The number of benzene rings is 1. The van der Waals surface area contributed by atoms with Crippen molar-refractivity contribution in [1.29, 1.82) is 0 Å². The van der Waals surface area contributed by atoms with Gasteiger partial charge in [0.2, 0.25) is 0 Å². The lowest BCUT2D eigenvalue weighted by Crippen LogP contribution is -2.15. The highest BCUT2D eigenvalue weighted by molar-refractivity contribution is 7.99. The van der Waals surface area contributed by atoms with Crippen molar-refractivity contribution in [1.82, 2.24) is 9.55 Å². The van der Waals surface area contributed by atoms with Crippen LogP contribution in [0.15, 0.2) is 18.2 Å². The number of fused-ring (bicyclic) bond motifs is 1. The number of rotatable bonds is 3. The van der Waals surface area contributed by atoms with E-state index in [4.69, 9.17) is 17.0 Å². The van der Waals surface area contributed by atoms with Crippen LogP contribution in [0.25, 0.3) is 11.0 Å². The predicted molar refractivity (Wildman–Crippen MR) is 88.5 cm³/mol. The minimum Gasteiger partial charge on any atom is -0.489 e. The second-order valence-corrected chi connectivity index (χ2v) is 7.07. The van der Waals surface area contributed by atoms with Gasteiger partial charge in [0.1, 0.15) is 11.3 Å². The quantitative estimate of drug-likeness (QED) is 0.843. The number of H-pyrrole nitrogens is 1. The Hall–Kier alpha value is -0.940. The summed E-state index contributed by atoms with van der Waals surface area (Å²) in [7, 11) is 0. The second-order valence-electron chi connectivity index (χ2n) is 5.46. The first kappa shape index (κ1) is 14.0. The van der Waals surface area contributed by atoms with E-state index in [1.54, 1.807) is 0 Å². The molecule has 1 aromatic heterocycles. The largest absolute Gasteiger partial charge is 0.489 e. The molecule has 20 heavy (non-hydrogen) atoms. The first-order valence-electron chi connectivity index (χ1n) is 7.14. The molecule has 0 bridgehead atoms. The molecule has 1 aliphatic heterocycles. The lowest BCUT2D eigenvalue weighted by molar-refractivity contribution is 0.245. The Morgan fingerprint density at radius 3 is 2.80 bits per heavy atom. The molecule has 0 amide bonds. The van der Waals surface area contributed by atoms with E-state index in [2.05, 4.69) is 21.7 Å². The standard InChI is InChI=1S/C15H20N2OS2/c1-10(2)18-13-5-3-4-12-14(13)16-15(19)17(12)11-6-8-20-9-7-11/h3-5,10-11H,6-9H2,1-2H3,(H,16,19). The van der Waals surface area contributed by atoms with Crippen molar-refractivity contribution in [3.05, 3.63) is 23.0 Å². The number of ether oxygens (including phenoxy) is 1. The normalized spacial score (nSPS) is 16.9. The third-order valence-corrected chi connectivity index (χ3v) is 4.98. The number of nitrogens with one attached hydrogen (secondary N) is 1. The molecule has 1 aromatic carbocycles. The van der Waals surface area contributed by atoms with Gasteiger partial charge in [-0.15, -0.1) is 0 Å². The van der Waals surface area contributed by atoms with Gasteiger partial charge in [-0.2, -0.15) is 11.8 Å². The zero-order valence-electron chi connectivity index (χ0n) is 11.9. The number of hydrogen-bond acceptors (Lipinski definition) is 3. The molecule has 3 nitrogen and oxygen atoms in total. The molecule has 0 unspecified atom stereocenters. The van der Waals surface area contributed by atoms with Crippen LogP contribution < -0.4 is 4.74 Å². The van der Waals surface area contributed by atoms with Crippen molar-refractivity contribution < 1.29 is 4.74 Å². The Kier molecular flexibility index (Phi) is 4.08. The molecule has 5 heteroatoms. The van der Waals surface area contributed by atoms with Crippen LogP contribution in [0.2, 0.25) is 0 Å². The summed E-state index contributed by atoms with van der Waals surface area (Å²) in [5.74, 6) is 3.34. The van der Waals surface area contributed by atoms with E-state index in [-0.39, 0.29) is 6.10 Å². The minimum atomic E-state index is 0.164. The van der Waals surface area contributed by atoms with Gasteiger partial charge in [0, 0.05) is 6.04 Å². The molecule has 0 radical (unpaired) electrons. The van der Waals surface area contributed by atoms with E-state index in [0.29, 0.717) is 6.04 Å². The number of thioether (sulfide) groups is 1. The first-order valence-corrected chi connectivity index (χ1v) is 8.70. The molecular weight excluding hydrogens is 288 g/mol. The van der Waals surface area contributed by atoms with Crippen molar-refractivity contribution >= 4 is 35.0 Å². The summed E-state index contributed by atoms with van der Waals surface area (Å²) in [6, 6.07) is 6.72. The van der Waals surface area contributed by atoms with Gasteiger partial charge in [0.25, 0.3) is 0 Å². The zero-order valence-corrected chi connectivity index (χ0v) is 13.5. The molecular formula is C15H20N2OS2. The van der Waals surface area contributed by atoms with Gasteiger partial charge < -0.3 is 14.3 Å². The third-order valence-electron chi connectivity index (χ3n) is 3.63. The topological polar surface area (TPSA) is 29.9 Å². The summed E-state index contributed by atoms with van der Waals surface area (Å²) < 4.78 is 8.99. The monoisotopic (exact) mass is 308 g/mol. The highest BCUT2D eigenvalue weighted by Crippen LogP contribution is 2.33. The smallest absolute Gasteiger partial charge is 0.178 e. The lowest BCUT2D eigenvalue weighted by Gasteiger charge is -2.23. The fourth-order valence-corrected chi connectivity index (χ4v) is 4.21. The van der Waals surface area contributed by atoms with E-state index >= 15 is 0 Å². The van der Waals surface area contributed by atoms with Crippen LogP contribution in [0.3, 0.4) is 0 Å². The summed E-state index contributed by atoms with van der Waals surface area (Å²) in [4.78, 5) is 3.34. The van der Waals surface area contributed by atoms with Gasteiger partial charge in [0.05, 0.1) is 11.6 Å². The van der Waals surface area contributed by atoms with Gasteiger partial charge >= 0.3 is 0 Å². The molecule has 2 aromatic rings. The zero-order chi connectivity index (χ0) is 14.1. The van der Waals surface area contributed by atoms with E-state index < -0.39 is 0 Å². The fourth-order valence-electron chi connectivity index (χ4n) is 2.78. The molecule has 1 saturated heterocycles. The molecule has 1 aliphatic rings. The Balaban J connectivity index is 2.09. The van der Waals surface area contributed by atoms with Crippen molar-refractivity contribution in [3.63, 3.8) is 0 Å². The Morgan fingerprint density at radius 1 is 1.35 bits per heavy atom. The Labute approximate surface area is 128 Å². The highest BCUT2D eigenvalue weighted by atomic mass is 32.2. The van der Waals surface area contributed by atoms with Crippen molar-refractivity contribution in [3.8, 4) is 5.75 Å². The maximum atomic E-state index is 5.89. The van der Waals surface area contributed by atoms with Crippen LogP contribution in [-0.4, -0.2) is 27.2 Å². The maximum absolute atomic E-state index is 5.89. The van der Waals surface area contributed by atoms with Crippen molar-refractivity contribution in [2.45, 2.75) is 38.8 Å². The molecule has 2 heterocycles. The van der Waals surface area contributed by atoms with Gasteiger partial charge in [0.15, 0.2) is 4.77 Å². The summed E-state index contributed by atoms with van der Waals surface area (Å²) in [5.41, 5.74) is 2.20. The van der Waals surface area contributed by atoms with Crippen LogP contribution >= 0.6 is 24.0 Å². The molecule has 1 fully saturated rings. The van der Waals surface area contributed by atoms with Crippen LogP contribution in [-0.2, 0) is 0 Å². The molecule has 0 saturated carbocycles. The van der Waals surface area contributed by atoms with Gasteiger partial charge in [-0.25, -0.2) is 0 Å². The SMILES string of the molecule is CC(C)Oc1cccc2c1[nH]c(=S)n2C1CCSCC1. The van der Waals surface area contributed by atoms with Gasteiger partial charge in [-0.3, -0.25) is 0 Å². The second kappa shape index (κ2) is 5.82. The number of para-hydroxylation sites is 1. The summed E-state index contributed by atoms with van der Waals surface area (Å²) in [5, 5.41) is 0. The van der Waals surface area contributed by atoms with Crippen molar-refractivity contribution in [2.24, 2.45) is 0 Å². The number of imidazole rings is 1. The number of hydrogen-bond donors (Lipinski definition) is 1. The number of aromatic amines is 1. The number of nitrogens with zero attached hydrogens (tertiary/aromatic N) is 1. The molecule has 3 rings (SSSR count). The van der Waals surface area contributed by atoms with E-state index in [9.17, 15) is 0 Å². The van der Waals surface area contributed by atoms with Crippen LogP contribution in [0.4, 0.5) is 0 Å². The van der Waals surface area contributed by atoms with Crippen LogP contribution in [0.5, 0.6) is 5.75 Å². The lowest BCUT2D eigenvalue weighted by atomic mass is 10.1. The van der Waals surface area contributed by atoms with Crippen LogP contribution in [0.1, 0.15) is 32.7 Å². The summed E-state index contributed by atoms with van der Waals surface area (Å²) >= 11 is 7.59. The Morgan fingerprint density at radius 2 is 2.10 bits per heavy atom. The highest BCUT2D eigenvalue weighted by Gasteiger charge is 2.20. The van der Waals surface area contributed by atoms with E-state index in [1.807, 2.05) is 31.7 Å². The molecule has 0 spiro atoms. The first-order chi connectivity index (χ1) is 9.66. The van der Waals surface area contributed by atoms with Crippen LogP contribution in [0, 0.1) is 4.77 Å². The predicted octanol–water partition coefficient (Wildman–Crippen LogP) is 4.55. The Bertz CT molecular complexity index is 653. The summed E-state index contributed by atoms with van der Waals surface area (Å²) in [6.07, 6.45) is 2.56. The van der Waals surface area contributed by atoms with Crippen molar-refractivity contribution in [2.75, 3.05) is 11.5 Å². The minimum absolute atomic E-state index is 0.164. The average molecular weight is 308 g/mol. The van der Waals surface area contributed by atoms with E-state index in [0.717, 1.165) is 16.0 Å². The molecule has 0 aliphatic carbocycles. The average Bonchev–Trinajstić information content (AvgIpc) is 2.76. The maximum Gasteiger partial charge on any atom is 0.178 e. The van der Waals surface area contributed by atoms with Gasteiger partial charge in [-0.05, 0) is 62.5 Å². The molecule has 1 N–H and O–H groups in total. The molecule has 0 atom stereocenters. The van der Waals surface area contributed by atoms with Gasteiger partial charge in [-0.1, -0.05) is 6.07 Å². The fraction of sp³-hybridized carbons (Fsp3) is 0.533. The number of aromatic nitrogens is 2. The summed E-state index contributed by atoms with van der Waals surface area (Å²) in [6.45, 7) is 4.09. The third kappa shape index (κ3) is 2.61. The molecule has 108 valence electrons. The van der Waals surface area contributed by atoms with E-state index in [1.165, 1.54) is 29.9 Å².